The molecule has 9 heteroatoms. The van der Waals surface area contributed by atoms with Crippen LogP contribution in [0.5, 0.6) is 0 Å². The molecular weight excluding hydrogens is 484 g/mol. The molecule has 1 aliphatic rings. The van der Waals surface area contributed by atoms with E-state index in [-0.39, 0.29) is 23.7 Å². The minimum absolute atomic E-state index is 0.112. The van der Waals surface area contributed by atoms with Gasteiger partial charge >= 0.3 is 0 Å². The lowest BCUT2D eigenvalue weighted by molar-refractivity contribution is 0.140. The first kappa shape index (κ1) is 27.2. The van der Waals surface area contributed by atoms with Crippen molar-refractivity contribution in [2.45, 2.75) is 31.8 Å². The normalized spacial score (nSPS) is 14.1. The number of hydrogen-bond donors (Lipinski definition) is 2. The summed E-state index contributed by atoms with van der Waals surface area (Å²) in [5.74, 6) is 1.06. The Kier molecular flexibility index (Phi) is 9.37. The predicted molar refractivity (Wildman–Crippen MR) is 149 cm³/mol. The monoisotopic (exact) mass is 519 g/mol. The molecule has 0 unspecified atom stereocenters. The van der Waals surface area contributed by atoms with E-state index in [0.717, 1.165) is 43.6 Å². The van der Waals surface area contributed by atoms with Gasteiger partial charge in [0.25, 0.3) is 0 Å². The van der Waals surface area contributed by atoms with Gasteiger partial charge in [0.1, 0.15) is 11.6 Å². The summed E-state index contributed by atoms with van der Waals surface area (Å²) in [4.78, 5) is 18.3. The third kappa shape index (κ3) is 6.72. The second-order valence-corrected chi connectivity index (χ2v) is 9.18. The summed E-state index contributed by atoms with van der Waals surface area (Å²) in [6.45, 7) is 13.1. The number of hydrogen-bond acceptors (Lipinski definition) is 7. The van der Waals surface area contributed by atoms with E-state index in [2.05, 4.69) is 55.5 Å². The Hall–Kier alpha value is -3.85. The third-order valence-corrected chi connectivity index (χ3v) is 6.72. The first-order valence-electron chi connectivity index (χ1n) is 13.0. The fourth-order valence-electron chi connectivity index (χ4n) is 4.91. The quantitative estimate of drug-likeness (QED) is 0.310. The molecular formula is C29H35F2N7. The Bertz CT molecular complexity index is 1120. The van der Waals surface area contributed by atoms with Gasteiger partial charge in [-0.05, 0) is 54.8 Å². The van der Waals surface area contributed by atoms with Crippen LogP contribution < -0.4 is 15.5 Å². The highest BCUT2D eigenvalue weighted by Gasteiger charge is 2.31. The van der Waals surface area contributed by atoms with Crippen LogP contribution in [0.2, 0.25) is 0 Å². The van der Waals surface area contributed by atoms with Crippen LogP contribution in [0.1, 0.15) is 36.9 Å². The standard InChI is InChI=1S/C29H35F2N7/c1-4-17-32-27-34-28(33-18-5-2)36-29(35-27)37-19-15-25(16-20-37)38(6-3)26(21-7-11-23(30)12-8-21)22-9-13-24(31)14-10-22/h4-5,7-14,25-26H,1-2,6,15-20H2,3H3,(H2,32,33,34,35,36). The highest BCUT2D eigenvalue weighted by atomic mass is 19.1. The fraction of sp³-hybridized carbons (Fsp3) is 0.345. The number of piperidine rings is 1. The molecule has 2 heterocycles. The van der Waals surface area contributed by atoms with Gasteiger partial charge in [0.15, 0.2) is 0 Å². The van der Waals surface area contributed by atoms with Gasteiger partial charge in [0.2, 0.25) is 17.8 Å². The van der Waals surface area contributed by atoms with Gasteiger partial charge in [-0.15, -0.1) is 13.2 Å². The molecule has 0 aliphatic carbocycles. The zero-order valence-electron chi connectivity index (χ0n) is 21.8. The molecule has 1 aliphatic heterocycles. The molecule has 0 spiro atoms. The zero-order chi connectivity index (χ0) is 26.9. The highest BCUT2D eigenvalue weighted by molar-refractivity contribution is 5.44. The van der Waals surface area contributed by atoms with Crippen molar-refractivity contribution in [2.75, 3.05) is 48.3 Å². The lowest BCUT2D eigenvalue weighted by Crippen LogP contribution is -2.47. The molecule has 0 atom stereocenters. The predicted octanol–water partition coefficient (Wildman–Crippen LogP) is 5.43. The topological polar surface area (TPSA) is 69.2 Å². The van der Waals surface area contributed by atoms with Crippen molar-refractivity contribution in [3.8, 4) is 0 Å². The number of anilines is 3. The van der Waals surface area contributed by atoms with Gasteiger partial charge in [-0.25, -0.2) is 8.78 Å². The molecule has 200 valence electrons. The summed E-state index contributed by atoms with van der Waals surface area (Å²) in [5, 5.41) is 6.30. The molecule has 0 amide bonds. The Morgan fingerprint density at radius 1 is 0.868 bits per heavy atom. The smallest absolute Gasteiger partial charge is 0.231 e. The van der Waals surface area contributed by atoms with Crippen molar-refractivity contribution in [1.82, 2.24) is 19.9 Å². The van der Waals surface area contributed by atoms with E-state index in [4.69, 9.17) is 0 Å². The first-order valence-corrected chi connectivity index (χ1v) is 13.0. The highest BCUT2D eigenvalue weighted by Crippen LogP contribution is 2.34. The van der Waals surface area contributed by atoms with Gasteiger partial charge in [0, 0.05) is 32.2 Å². The summed E-state index contributed by atoms with van der Waals surface area (Å²) in [5.41, 5.74) is 1.96. The van der Waals surface area contributed by atoms with Crippen LogP contribution in [0, 0.1) is 11.6 Å². The van der Waals surface area contributed by atoms with Crippen LogP contribution in [-0.4, -0.2) is 58.6 Å². The second kappa shape index (κ2) is 13.1. The first-order chi connectivity index (χ1) is 18.5. The van der Waals surface area contributed by atoms with Crippen LogP contribution in [0.3, 0.4) is 0 Å². The number of nitrogens with one attached hydrogen (secondary N) is 2. The molecule has 1 saturated heterocycles. The molecule has 0 radical (unpaired) electrons. The number of nitrogens with zero attached hydrogens (tertiary/aromatic N) is 5. The van der Waals surface area contributed by atoms with Crippen LogP contribution in [0.15, 0.2) is 73.8 Å². The van der Waals surface area contributed by atoms with E-state index in [0.29, 0.717) is 30.9 Å². The molecule has 4 rings (SSSR count). The summed E-state index contributed by atoms with van der Waals surface area (Å²) < 4.78 is 27.5. The Morgan fingerprint density at radius 2 is 1.34 bits per heavy atom. The van der Waals surface area contributed by atoms with Gasteiger partial charge in [-0.2, -0.15) is 15.0 Å². The van der Waals surface area contributed by atoms with Crippen molar-refractivity contribution in [2.24, 2.45) is 0 Å². The maximum absolute atomic E-state index is 13.7. The molecule has 2 aromatic carbocycles. The summed E-state index contributed by atoms with van der Waals surface area (Å²) in [6, 6.07) is 13.4. The molecule has 1 aromatic heterocycles. The SMILES string of the molecule is C=CCNc1nc(NCC=C)nc(N2CCC(N(CC)C(c3ccc(F)cc3)c3ccc(F)cc3)CC2)n1. The number of halogens is 2. The lowest BCUT2D eigenvalue weighted by Gasteiger charge is -2.42. The maximum atomic E-state index is 13.7. The number of benzene rings is 2. The lowest BCUT2D eigenvalue weighted by atomic mass is 9.93. The van der Waals surface area contributed by atoms with Crippen molar-refractivity contribution < 1.29 is 8.78 Å². The second-order valence-electron chi connectivity index (χ2n) is 9.18. The average Bonchev–Trinajstić information content (AvgIpc) is 2.95. The largest absolute Gasteiger partial charge is 0.351 e. The van der Waals surface area contributed by atoms with Crippen LogP contribution >= 0.6 is 0 Å². The minimum Gasteiger partial charge on any atom is -0.351 e. The maximum Gasteiger partial charge on any atom is 0.231 e. The summed E-state index contributed by atoms with van der Waals surface area (Å²) in [7, 11) is 0. The van der Waals surface area contributed by atoms with E-state index in [1.54, 1.807) is 12.2 Å². The molecule has 0 bridgehead atoms. The summed E-state index contributed by atoms with van der Waals surface area (Å²) >= 11 is 0. The van der Waals surface area contributed by atoms with E-state index in [1.165, 1.54) is 24.3 Å². The summed E-state index contributed by atoms with van der Waals surface area (Å²) in [6.07, 6.45) is 5.29. The third-order valence-electron chi connectivity index (χ3n) is 6.72. The molecule has 7 nitrogen and oxygen atoms in total. The molecule has 2 N–H and O–H groups in total. The Labute approximate surface area is 223 Å². The van der Waals surface area contributed by atoms with Crippen molar-refractivity contribution in [1.29, 1.82) is 0 Å². The van der Waals surface area contributed by atoms with Crippen LogP contribution in [0.25, 0.3) is 0 Å². The number of rotatable bonds is 12. The van der Waals surface area contributed by atoms with Crippen LogP contribution in [0.4, 0.5) is 26.6 Å². The van der Waals surface area contributed by atoms with E-state index >= 15 is 0 Å². The van der Waals surface area contributed by atoms with Crippen LogP contribution in [-0.2, 0) is 0 Å². The molecule has 1 fully saturated rings. The number of aromatic nitrogens is 3. The minimum atomic E-state index is -0.274. The van der Waals surface area contributed by atoms with Crippen molar-refractivity contribution >= 4 is 17.8 Å². The van der Waals surface area contributed by atoms with E-state index in [1.807, 2.05) is 24.3 Å². The van der Waals surface area contributed by atoms with Gasteiger partial charge in [0.05, 0.1) is 6.04 Å². The Morgan fingerprint density at radius 3 is 1.76 bits per heavy atom. The fourth-order valence-corrected chi connectivity index (χ4v) is 4.91. The van der Waals surface area contributed by atoms with Gasteiger partial charge in [-0.1, -0.05) is 43.3 Å². The Balaban J connectivity index is 1.54. The molecule has 3 aromatic rings. The van der Waals surface area contributed by atoms with E-state index in [9.17, 15) is 8.78 Å². The van der Waals surface area contributed by atoms with Gasteiger partial charge in [-0.3, -0.25) is 4.90 Å². The average molecular weight is 520 g/mol. The zero-order valence-corrected chi connectivity index (χ0v) is 21.8. The van der Waals surface area contributed by atoms with Crippen molar-refractivity contribution in [3.05, 3.63) is 96.6 Å². The van der Waals surface area contributed by atoms with Gasteiger partial charge < -0.3 is 15.5 Å². The van der Waals surface area contributed by atoms with Crippen molar-refractivity contribution in [3.63, 3.8) is 0 Å². The molecule has 0 saturated carbocycles. The van der Waals surface area contributed by atoms with E-state index < -0.39 is 0 Å². The molecule has 38 heavy (non-hydrogen) atoms.